The maximum atomic E-state index is 14.1. The van der Waals surface area contributed by atoms with Gasteiger partial charge in [-0.25, -0.2) is 19.3 Å². The van der Waals surface area contributed by atoms with Gasteiger partial charge in [0.1, 0.15) is 12.7 Å². The molecule has 0 fully saturated rings. The zero-order valence-corrected chi connectivity index (χ0v) is 13.8. The molecule has 138 valence electrons. The summed E-state index contributed by atoms with van der Waals surface area (Å²) >= 11 is 0. The van der Waals surface area contributed by atoms with Crippen LogP contribution >= 0.6 is 0 Å². The molecular formula is C16H14F4N4O2. The first-order chi connectivity index (χ1) is 12.3. The molecule has 0 aliphatic rings. The van der Waals surface area contributed by atoms with Gasteiger partial charge in [-0.15, -0.1) is 0 Å². The fourth-order valence-electron chi connectivity index (χ4n) is 2.24. The summed E-state index contributed by atoms with van der Waals surface area (Å²) in [6.45, 7) is 1.07. The third kappa shape index (κ3) is 3.59. The van der Waals surface area contributed by atoms with E-state index in [2.05, 4.69) is 19.7 Å². The molecule has 0 bridgehead atoms. The second-order valence-electron chi connectivity index (χ2n) is 5.50. The van der Waals surface area contributed by atoms with E-state index < -0.39 is 24.0 Å². The maximum absolute atomic E-state index is 14.1. The lowest BCUT2D eigenvalue weighted by Gasteiger charge is -2.17. The van der Waals surface area contributed by atoms with E-state index >= 15 is 0 Å². The molecule has 1 atom stereocenters. The number of alkyl halides is 3. The highest BCUT2D eigenvalue weighted by Crippen LogP contribution is 2.28. The number of nitrogens with zero attached hydrogens (tertiary/aromatic N) is 4. The molecule has 0 unspecified atom stereocenters. The third-order valence-corrected chi connectivity index (χ3v) is 3.64. The summed E-state index contributed by atoms with van der Waals surface area (Å²) in [5.74, 6) is -1.73. The Kier molecular flexibility index (Phi) is 4.77. The molecule has 10 heteroatoms. The van der Waals surface area contributed by atoms with Crippen LogP contribution in [0.4, 0.5) is 17.6 Å². The molecule has 0 radical (unpaired) electrons. The molecule has 3 heterocycles. The quantitative estimate of drug-likeness (QED) is 0.644. The SMILES string of the molecule is COCc1ncn2cnc(-c3cnc(O[C@@H](C)C(F)(F)F)c(F)c3)cc12. The number of fused-ring (bicyclic) bond motifs is 1. The van der Waals surface area contributed by atoms with Gasteiger partial charge in [-0.3, -0.25) is 4.40 Å². The van der Waals surface area contributed by atoms with Crippen LogP contribution in [0, 0.1) is 5.82 Å². The maximum Gasteiger partial charge on any atom is 0.425 e. The van der Waals surface area contributed by atoms with Crippen molar-refractivity contribution in [1.82, 2.24) is 19.4 Å². The van der Waals surface area contributed by atoms with Gasteiger partial charge in [0.15, 0.2) is 11.9 Å². The van der Waals surface area contributed by atoms with E-state index in [9.17, 15) is 17.6 Å². The van der Waals surface area contributed by atoms with Crippen molar-refractivity contribution in [3.63, 3.8) is 0 Å². The van der Waals surface area contributed by atoms with Crippen molar-refractivity contribution in [2.45, 2.75) is 25.8 Å². The van der Waals surface area contributed by atoms with Gasteiger partial charge in [-0.05, 0) is 19.1 Å². The molecule has 0 spiro atoms. The average molecular weight is 370 g/mol. The lowest BCUT2D eigenvalue weighted by Crippen LogP contribution is -2.31. The van der Waals surface area contributed by atoms with Gasteiger partial charge < -0.3 is 9.47 Å². The molecule has 0 saturated carbocycles. The fraction of sp³-hybridized carbons (Fsp3) is 0.312. The Bertz CT molecular complexity index is 926. The number of imidazole rings is 1. The van der Waals surface area contributed by atoms with Crippen molar-refractivity contribution >= 4 is 5.52 Å². The topological polar surface area (TPSA) is 61.5 Å². The van der Waals surface area contributed by atoms with Crippen molar-refractivity contribution in [3.05, 3.63) is 42.5 Å². The number of rotatable bonds is 5. The van der Waals surface area contributed by atoms with Crippen LogP contribution in [0.15, 0.2) is 31.0 Å². The summed E-state index contributed by atoms with van der Waals surface area (Å²) in [4.78, 5) is 12.0. The van der Waals surface area contributed by atoms with E-state index in [0.717, 1.165) is 13.0 Å². The molecule has 6 nitrogen and oxygen atoms in total. The molecule has 0 saturated heterocycles. The first kappa shape index (κ1) is 18.1. The Labute approximate surface area is 145 Å². The number of ether oxygens (including phenoxy) is 2. The van der Waals surface area contributed by atoms with Gasteiger partial charge in [0.2, 0.25) is 0 Å². The normalized spacial score (nSPS) is 13.2. The van der Waals surface area contributed by atoms with Crippen molar-refractivity contribution in [2.24, 2.45) is 0 Å². The van der Waals surface area contributed by atoms with E-state index in [0.29, 0.717) is 22.5 Å². The van der Waals surface area contributed by atoms with E-state index in [1.807, 2.05) is 0 Å². The zero-order valence-electron chi connectivity index (χ0n) is 13.8. The van der Waals surface area contributed by atoms with Crippen molar-refractivity contribution in [3.8, 4) is 17.1 Å². The van der Waals surface area contributed by atoms with Crippen LogP contribution in [0.1, 0.15) is 12.6 Å². The van der Waals surface area contributed by atoms with E-state index in [1.54, 1.807) is 16.8 Å². The van der Waals surface area contributed by atoms with Gasteiger partial charge in [-0.1, -0.05) is 0 Å². The van der Waals surface area contributed by atoms with Gasteiger partial charge in [0.05, 0.1) is 23.5 Å². The average Bonchev–Trinajstić information content (AvgIpc) is 2.98. The molecule has 3 aromatic rings. The molecular weight excluding hydrogens is 356 g/mol. The molecule has 0 aliphatic heterocycles. The van der Waals surface area contributed by atoms with Crippen LogP contribution in [-0.2, 0) is 11.3 Å². The zero-order chi connectivity index (χ0) is 18.9. The lowest BCUT2D eigenvalue weighted by molar-refractivity contribution is -0.190. The summed E-state index contributed by atoms with van der Waals surface area (Å²) in [6.07, 6.45) is -2.53. The summed E-state index contributed by atoms with van der Waals surface area (Å²) in [7, 11) is 1.53. The van der Waals surface area contributed by atoms with E-state index in [1.165, 1.54) is 19.6 Å². The monoisotopic (exact) mass is 370 g/mol. The highest BCUT2D eigenvalue weighted by atomic mass is 19.4. The van der Waals surface area contributed by atoms with Gasteiger partial charge in [0.25, 0.3) is 5.88 Å². The predicted octanol–water partition coefficient (Wildman–Crippen LogP) is 3.41. The molecule has 0 N–H and O–H groups in total. The fourth-order valence-corrected chi connectivity index (χ4v) is 2.24. The molecule has 0 amide bonds. The Morgan fingerprint density at radius 1 is 1.15 bits per heavy atom. The Hall–Kier alpha value is -2.75. The predicted molar refractivity (Wildman–Crippen MR) is 83.0 cm³/mol. The summed E-state index contributed by atoms with van der Waals surface area (Å²) in [6, 6.07) is 2.69. The van der Waals surface area contributed by atoms with Gasteiger partial charge >= 0.3 is 6.18 Å². The molecule has 3 aromatic heterocycles. The molecule has 0 aromatic carbocycles. The van der Waals surface area contributed by atoms with Crippen molar-refractivity contribution in [2.75, 3.05) is 7.11 Å². The Morgan fingerprint density at radius 3 is 2.54 bits per heavy atom. The van der Waals surface area contributed by atoms with Crippen LogP contribution in [0.25, 0.3) is 16.8 Å². The number of aromatic nitrogens is 4. The molecule has 0 aliphatic carbocycles. The van der Waals surface area contributed by atoms with E-state index in [-0.39, 0.29) is 6.61 Å². The van der Waals surface area contributed by atoms with Crippen LogP contribution in [0.5, 0.6) is 5.88 Å². The smallest absolute Gasteiger partial charge is 0.425 e. The minimum atomic E-state index is -4.61. The number of methoxy groups -OCH3 is 1. The highest BCUT2D eigenvalue weighted by Gasteiger charge is 2.38. The standard InChI is InChI=1S/C16H14F4N4O2/c1-9(16(18,19)20)26-15-11(17)3-10(5-21-15)12-4-14-13(6-25-2)23-8-24(14)7-22-12/h3-5,7-9H,6H2,1-2H3/t9-/m0/s1. The van der Waals surface area contributed by atoms with Crippen molar-refractivity contribution < 1.29 is 27.0 Å². The minimum absolute atomic E-state index is 0.286. The largest absolute Gasteiger partial charge is 0.463 e. The van der Waals surface area contributed by atoms with Gasteiger partial charge in [0, 0.05) is 18.9 Å². The Balaban J connectivity index is 1.91. The van der Waals surface area contributed by atoms with Gasteiger partial charge in [-0.2, -0.15) is 13.2 Å². The van der Waals surface area contributed by atoms with Crippen LogP contribution < -0.4 is 4.74 Å². The Morgan fingerprint density at radius 2 is 1.88 bits per heavy atom. The summed E-state index contributed by atoms with van der Waals surface area (Å²) in [5, 5.41) is 0. The highest BCUT2D eigenvalue weighted by molar-refractivity contribution is 5.66. The molecule has 26 heavy (non-hydrogen) atoms. The van der Waals surface area contributed by atoms with Crippen LogP contribution in [0.2, 0.25) is 0 Å². The van der Waals surface area contributed by atoms with E-state index in [4.69, 9.17) is 4.74 Å². The third-order valence-electron chi connectivity index (χ3n) is 3.64. The first-order valence-electron chi connectivity index (χ1n) is 7.49. The first-order valence-corrected chi connectivity index (χ1v) is 7.49. The second kappa shape index (κ2) is 6.87. The summed E-state index contributed by atoms with van der Waals surface area (Å²) in [5.41, 5.74) is 2.06. The number of hydrogen-bond acceptors (Lipinski definition) is 5. The molecule has 3 rings (SSSR count). The number of pyridine rings is 1. The lowest BCUT2D eigenvalue weighted by atomic mass is 10.2. The number of halogens is 4. The summed E-state index contributed by atoms with van der Waals surface area (Å²) < 4.78 is 63.0. The number of hydrogen-bond donors (Lipinski definition) is 0. The van der Waals surface area contributed by atoms with Crippen LogP contribution in [-0.4, -0.2) is 38.7 Å². The minimum Gasteiger partial charge on any atom is -0.463 e. The second-order valence-corrected chi connectivity index (χ2v) is 5.50. The van der Waals surface area contributed by atoms with Crippen LogP contribution in [0.3, 0.4) is 0 Å². The van der Waals surface area contributed by atoms with Crippen molar-refractivity contribution in [1.29, 1.82) is 0 Å².